The maximum atomic E-state index is 13.8. The first-order valence-corrected chi connectivity index (χ1v) is 7.29. The highest BCUT2D eigenvalue weighted by atomic mass is 32.2. The lowest BCUT2D eigenvalue weighted by Crippen LogP contribution is -2.15. The molecule has 2 rings (SSSR count). The summed E-state index contributed by atoms with van der Waals surface area (Å²) in [6, 6.07) is 5.25. The summed E-state index contributed by atoms with van der Waals surface area (Å²) >= 11 is 0. The molecule has 1 aromatic carbocycles. The summed E-state index contributed by atoms with van der Waals surface area (Å²) in [6.45, 7) is 3.33. The fraction of sp³-hybridized carbons (Fsp3) is 0.154. The van der Waals surface area contributed by atoms with Crippen LogP contribution in [0.2, 0.25) is 0 Å². The number of rotatable bonds is 3. The molecule has 1 aromatic heterocycles. The molecule has 5 nitrogen and oxygen atoms in total. The molecule has 0 amide bonds. The smallest absolute Gasteiger partial charge is 0.264 e. The monoisotopic (exact) mass is 295 g/mol. The van der Waals surface area contributed by atoms with Gasteiger partial charge in [-0.15, -0.1) is 0 Å². The van der Waals surface area contributed by atoms with Crippen molar-refractivity contribution >= 4 is 21.4 Å². The van der Waals surface area contributed by atoms with Gasteiger partial charge >= 0.3 is 0 Å². The molecule has 0 unspecified atom stereocenters. The van der Waals surface area contributed by atoms with Crippen LogP contribution in [0.25, 0.3) is 0 Å². The number of nitrogens with zero attached hydrogens (tertiary/aromatic N) is 1. The molecule has 1 heterocycles. The molecule has 0 bridgehead atoms. The molecular weight excluding hydrogens is 281 g/mol. The quantitative estimate of drug-likeness (QED) is 0.850. The molecule has 0 fully saturated rings. The third-order valence-electron chi connectivity index (χ3n) is 2.76. The molecular formula is C13H14FN3O2S. The standard InChI is InChI=1S/C13H14FN3O2S/c1-8-5-11(14)13(7-12(8)15)20(18,19)17-10-3-4-16-9(2)6-10/h3-7H,15H2,1-2H3,(H,16,17). The Balaban J connectivity index is 2.43. The number of hydrogen-bond acceptors (Lipinski definition) is 4. The molecule has 0 aliphatic heterocycles. The predicted octanol–water partition coefficient (Wildman–Crippen LogP) is 2.22. The van der Waals surface area contributed by atoms with E-state index in [-0.39, 0.29) is 5.69 Å². The highest BCUT2D eigenvalue weighted by molar-refractivity contribution is 7.92. The van der Waals surface area contributed by atoms with Gasteiger partial charge in [0.1, 0.15) is 10.7 Å². The van der Waals surface area contributed by atoms with Crippen molar-refractivity contribution in [1.29, 1.82) is 0 Å². The maximum absolute atomic E-state index is 13.8. The van der Waals surface area contributed by atoms with Crippen molar-refractivity contribution < 1.29 is 12.8 Å². The van der Waals surface area contributed by atoms with Crippen molar-refractivity contribution in [3.63, 3.8) is 0 Å². The average Bonchev–Trinajstić information content (AvgIpc) is 2.33. The zero-order chi connectivity index (χ0) is 14.9. The summed E-state index contributed by atoms with van der Waals surface area (Å²) in [5.74, 6) is -0.838. The summed E-state index contributed by atoms with van der Waals surface area (Å²) in [5.41, 5.74) is 7.31. The Bertz CT molecular complexity index is 760. The summed E-state index contributed by atoms with van der Waals surface area (Å²) in [5, 5.41) is 0. The molecule has 0 aliphatic carbocycles. The van der Waals surface area contributed by atoms with Crippen LogP contribution in [0.15, 0.2) is 35.4 Å². The minimum atomic E-state index is -4.03. The molecule has 20 heavy (non-hydrogen) atoms. The van der Waals surface area contributed by atoms with E-state index in [1.165, 1.54) is 12.3 Å². The van der Waals surface area contributed by atoms with Gasteiger partial charge in [-0.1, -0.05) is 0 Å². The number of nitrogen functional groups attached to an aromatic ring is 1. The summed E-state index contributed by atoms with van der Waals surface area (Å²) < 4.78 is 40.5. The highest BCUT2D eigenvalue weighted by Crippen LogP contribution is 2.23. The minimum Gasteiger partial charge on any atom is -0.398 e. The first-order valence-electron chi connectivity index (χ1n) is 5.81. The zero-order valence-electron chi connectivity index (χ0n) is 11.0. The lowest BCUT2D eigenvalue weighted by Gasteiger charge is -2.11. The number of benzene rings is 1. The van der Waals surface area contributed by atoms with E-state index in [4.69, 9.17) is 5.73 Å². The molecule has 7 heteroatoms. The number of hydrogen-bond donors (Lipinski definition) is 2. The van der Waals surface area contributed by atoms with Gasteiger partial charge < -0.3 is 5.73 Å². The van der Waals surface area contributed by atoms with E-state index < -0.39 is 20.7 Å². The first kappa shape index (κ1) is 14.3. The van der Waals surface area contributed by atoms with Crippen molar-refractivity contribution in [3.8, 4) is 0 Å². The van der Waals surface area contributed by atoms with Gasteiger partial charge in [0.05, 0.1) is 5.69 Å². The number of nitrogens with two attached hydrogens (primary N) is 1. The largest absolute Gasteiger partial charge is 0.398 e. The lowest BCUT2D eigenvalue weighted by atomic mass is 10.2. The van der Waals surface area contributed by atoms with E-state index in [1.807, 2.05) is 0 Å². The van der Waals surface area contributed by atoms with Gasteiger partial charge in [0, 0.05) is 17.6 Å². The molecule has 0 saturated carbocycles. The van der Waals surface area contributed by atoms with Crippen molar-refractivity contribution in [2.24, 2.45) is 0 Å². The number of aryl methyl sites for hydroxylation is 2. The Hall–Kier alpha value is -2.15. The molecule has 0 atom stereocenters. The Morgan fingerprint density at radius 3 is 2.60 bits per heavy atom. The fourth-order valence-electron chi connectivity index (χ4n) is 1.69. The molecule has 2 aromatic rings. The van der Waals surface area contributed by atoms with E-state index in [1.54, 1.807) is 19.9 Å². The number of sulfonamides is 1. The molecule has 0 spiro atoms. The Morgan fingerprint density at radius 1 is 1.25 bits per heavy atom. The van der Waals surface area contributed by atoms with E-state index >= 15 is 0 Å². The van der Waals surface area contributed by atoms with Crippen molar-refractivity contribution in [2.75, 3.05) is 10.5 Å². The Labute approximate surface area is 116 Å². The van der Waals surface area contributed by atoms with Crippen LogP contribution in [0.4, 0.5) is 15.8 Å². The van der Waals surface area contributed by atoms with Crippen LogP contribution in [0.3, 0.4) is 0 Å². The third kappa shape index (κ3) is 2.88. The van der Waals surface area contributed by atoms with Crippen LogP contribution in [0.1, 0.15) is 11.3 Å². The first-order chi connectivity index (χ1) is 9.29. The van der Waals surface area contributed by atoms with E-state index in [0.29, 0.717) is 16.9 Å². The minimum absolute atomic E-state index is 0.220. The molecule has 0 saturated heterocycles. The Morgan fingerprint density at radius 2 is 1.95 bits per heavy atom. The number of halogens is 1. The fourth-order valence-corrected chi connectivity index (χ4v) is 2.84. The zero-order valence-corrected chi connectivity index (χ0v) is 11.8. The number of anilines is 2. The van der Waals surface area contributed by atoms with Crippen LogP contribution < -0.4 is 10.5 Å². The van der Waals surface area contributed by atoms with E-state index in [2.05, 4.69) is 9.71 Å². The van der Waals surface area contributed by atoms with Crippen LogP contribution in [-0.2, 0) is 10.0 Å². The van der Waals surface area contributed by atoms with E-state index in [9.17, 15) is 12.8 Å². The van der Waals surface area contributed by atoms with Crippen LogP contribution in [-0.4, -0.2) is 13.4 Å². The average molecular weight is 295 g/mol. The second-order valence-electron chi connectivity index (χ2n) is 4.43. The molecule has 3 N–H and O–H groups in total. The van der Waals surface area contributed by atoms with Crippen molar-refractivity contribution in [3.05, 3.63) is 47.5 Å². The second-order valence-corrected chi connectivity index (χ2v) is 6.08. The van der Waals surface area contributed by atoms with E-state index in [0.717, 1.165) is 12.1 Å². The Kier molecular flexibility index (Phi) is 3.63. The van der Waals surface area contributed by atoms with Gasteiger partial charge in [-0.2, -0.15) is 0 Å². The van der Waals surface area contributed by atoms with Crippen LogP contribution in [0.5, 0.6) is 0 Å². The molecule has 106 valence electrons. The molecule has 0 aliphatic rings. The maximum Gasteiger partial charge on any atom is 0.264 e. The highest BCUT2D eigenvalue weighted by Gasteiger charge is 2.20. The normalized spacial score (nSPS) is 11.3. The topological polar surface area (TPSA) is 85.1 Å². The van der Waals surface area contributed by atoms with Gasteiger partial charge in [0.2, 0.25) is 0 Å². The van der Waals surface area contributed by atoms with Gasteiger partial charge in [0.25, 0.3) is 10.0 Å². The van der Waals surface area contributed by atoms with Crippen molar-refractivity contribution in [1.82, 2.24) is 4.98 Å². The van der Waals surface area contributed by atoms with Gasteiger partial charge in [0.15, 0.2) is 0 Å². The van der Waals surface area contributed by atoms with Crippen molar-refractivity contribution in [2.45, 2.75) is 18.7 Å². The lowest BCUT2D eigenvalue weighted by molar-refractivity contribution is 0.570. The number of pyridine rings is 1. The third-order valence-corrected chi connectivity index (χ3v) is 4.16. The summed E-state index contributed by atoms with van der Waals surface area (Å²) in [7, 11) is -4.03. The summed E-state index contributed by atoms with van der Waals surface area (Å²) in [4.78, 5) is 3.48. The predicted molar refractivity (Wildman–Crippen MR) is 75.3 cm³/mol. The SMILES string of the molecule is Cc1cc(NS(=O)(=O)c2cc(N)c(C)cc2F)ccn1. The van der Waals surface area contributed by atoms with Crippen LogP contribution in [0, 0.1) is 19.7 Å². The molecule has 0 radical (unpaired) electrons. The number of aromatic nitrogens is 1. The van der Waals surface area contributed by atoms with Gasteiger partial charge in [-0.05, 0) is 43.7 Å². The number of nitrogens with one attached hydrogen (secondary N) is 1. The van der Waals surface area contributed by atoms with Crippen LogP contribution >= 0.6 is 0 Å². The van der Waals surface area contributed by atoms with Gasteiger partial charge in [-0.3, -0.25) is 9.71 Å². The summed E-state index contributed by atoms with van der Waals surface area (Å²) in [6.07, 6.45) is 1.47. The second kappa shape index (κ2) is 5.09. The van der Waals surface area contributed by atoms with Gasteiger partial charge in [-0.25, -0.2) is 12.8 Å².